The fourth-order valence-electron chi connectivity index (χ4n) is 1.73. The number of nitrogens with two attached hydrogens (primary N) is 1. The highest BCUT2D eigenvalue weighted by atomic mass is 32.2. The highest BCUT2D eigenvalue weighted by Gasteiger charge is 2.12. The molecule has 5 heteroatoms. The van der Waals surface area contributed by atoms with Gasteiger partial charge in [-0.15, -0.1) is 11.8 Å². The quantitative estimate of drug-likeness (QED) is 0.827. The number of hydrogen-bond acceptors (Lipinski definition) is 4. The predicted molar refractivity (Wildman–Crippen MR) is 80.7 cm³/mol. The lowest BCUT2D eigenvalue weighted by Gasteiger charge is -2.08. The van der Waals surface area contributed by atoms with E-state index in [1.165, 1.54) is 0 Å². The minimum Gasteiger partial charge on any atom is -0.481 e. The number of carboxylic acids is 1. The number of aromatic nitrogens is 1. The van der Waals surface area contributed by atoms with Gasteiger partial charge in [-0.05, 0) is 24.1 Å². The van der Waals surface area contributed by atoms with Crippen molar-refractivity contribution >= 4 is 23.4 Å². The summed E-state index contributed by atoms with van der Waals surface area (Å²) in [6.45, 7) is 1.68. The van der Waals surface area contributed by atoms with Gasteiger partial charge in [-0.1, -0.05) is 24.3 Å². The lowest BCUT2D eigenvalue weighted by molar-refractivity contribution is -0.138. The van der Waals surface area contributed by atoms with Crippen LogP contribution in [0.1, 0.15) is 24.0 Å². The summed E-state index contributed by atoms with van der Waals surface area (Å²) < 4.78 is 0. The Hall–Kier alpha value is -2.01. The van der Waals surface area contributed by atoms with Crippen LogP contribution in [0.5, 0.6) is 0 Å². The van der Waals surface area contributed by atoms with Crippen molar-refractivity contribution in [2.75, 3.05) is 5.73 Å². The molecule has 0 saturated heterocycles. The summed E-state index contributed by atoms with van der Waals surface area (Å²) in [4.78, 5) is 15.9. The summed E-state index contributed by atoms with van der Waals surface area (Å²) in [5, 5.41) is 8.96. The summed E-state index contributed by atoms with van der Waals surface area (Å²) >= 11 is 1.64. The first-order valence-corrected chi connectivity index (χ1v) is 7.20. The fourth-order valence-corrected chi connectivity index (χ4v) is 2.62. The van der Waals surface area contributed by atoms with Crippen LogP contribution in [-0.2, 0) is 10.5 Å². The Morgan fingerprint density at radius 2 is 2.05 bits per heavy atom. The number of thioether (sulfide) groups is 1. The molecule has 2 aromatic rings. The summed E-state index contributed by atoms with van der Waals surface area (Å²) in [6.07, 6.45) is 3.36. The molecule has 0 aliphatic carbocycles. The van der Waals surface area contributed by atoms with Crippen molar-refractivity contribution in [3.05, 3.63) is 53.9 Å². The van der Waals surface area contributed by atoms with Gasteiger partial charge in [0.2, 0.25) is 0 Å². The van der Waals surface area contributed by atoms with E-state index >= 15 is 0 Å². The number of hydrogen-bond donors (Lipinski definition) is 2. The zero-order chi connectivity index (χ0) is 14.5. The van der Waals surface area contributed by atoms with Crippen LogP contribution in [0.25, 0.3) is 0 Å². The molecular formula is C15H16N2O2S. The highest BCUT2D eigenvalue weighted by Crippen LogP contribution is 2.27. The van der Waals surface area contributed by atoms with Gasteiger partial charge >= 0.3 is 5.97 Å². The van der Waals surface area contributed by atoms with Crippen molar-refractivity contribution < 1.29 is 9.90 Å². The zero-order valence-electron chi connectivity index (χ0n) is 11.1. The van der Waals surface area contributed by atoms with Gasteiger partial charge in [0, 0.05) is 16.8 Å². The minimum absolute atomic E-state index is 0.479. The van der Waals surface area contributed by atoms with E-state index in [9.17, 15) is 4.79 Å². The van der Waals surface area contributed by atoms with Crippen molar-refractivity contribution in [1.29, 1.82) is 0 Å². The fraction of sp³-hybridized carbons (Fsp3) is 0.200. The minimum atomic E-state index is -0.809. The molecule has 0 spiro atoms. The molecule has 1 aromatic heterocycles. The van der Waals surface area contributed by atoms with Crippen molar-refractivity contribution in [3.8, 4) is 0 Å². The SMILES string of the molecule is CC(C(=O)O)c1ccc(CSc2ccncc2N)cc1. The number of aliphatic carboxylic acids is 1. The summed E-state index contributed by atoms with van der Waals surface area (Å²) in [5.41, 5.74) is 8.45. The molecule has 104 valence electrons. The first kappa shape index (κ1) is 14.4. The van der Waals surface area contributed by atoms with Crippen LogP contribution in [-0.4, -0.2) is 16.1 Å². The Balaban J connectivity index is 2.01. The molecule has 0 aliphatic rings. The van der Waals surface area contributed by atoms with Crippen LogP contribution in [0, 0.1) is 0 Å². The van der Waals surface area contributed by atoms with Crippen molar-refractivity contribution in [2.45, 2.75) is 23.5 Å². The Bertz CT molecular complexity index is 599. The molecule has 20 heavy (non-hydrogen) atoms. The molecule has 1 atom stereocenters. The first-order valence-electron chi connectivity index (χ1n) is 6.22. The topological polar surface area (TPSA) is 76.2 Å². The Labute approximate surface area is 122 Å². The van der Waals surface area contributed by atoms with Gasteiger partial charge in [0.1, 0.15) is 0 Å². The second-order valence-corrected chi connectivity index (χ2v) is 5.52. The predicted octanol–water partition coefficient (Wildman–Crippen LogP) is 3.14. The number of carboxylic acid groups (broad SMARTS) is 1. The summed E-state index contributed by atoms with van der Waals surface area (Å²) in [7, 11) is 0. The third-order valence-electron chi connectivity index (χ3n) is 3.05. The Morgan fingerprint density at radius 1 is 1.35 bits per heavy atom. The third-order valence-corrected chi connectivity index (χ3v) is 4.22. The van der Waals surface area contributed by atoms with Crippen LogP contribution >= 0.6 is 11.8 Å². The number of nitrogen functional groups attached to an aromatic ring is 1. The van der Waals surface area contributed by atoms with E-state index in [4.69, 9.17) is 10.8 Å². The van der Waals surface area contributed by atoms with Gasteiger partial charge in [-0.2, -0.15) is 0 Å². The normalized spacial score (nSPS) is 12.1. The second kappa shape index (κ2) is 6.43. The first-order chi connectivity index (χ1) is 9.58. The van der Waals surface area contributed by atoms with Crippen molar-refractivity contribution in [3.63, 3.8) is 0 Å². The molecule has 1 heterocycles. The Kier molecular flexibility index (Phi) is 4.63. The summed E-state index contributed by atoms with van der Waals surface area (Å²) in [5.74, 6) is -0.500. The largest absolute Gasteiger partial charge is 0.481 e. The average Bonchev–Trinajstić information content (AvgIpc) is 2.46. The van der Waals surface area contributed by atoms with E-state index in [2.05, 4.69) is 4.98 Å². The third kappa shape index (κ3) is 3.51. The van der Waals surface area contributed by atoms with Gasteiger partial charge in [0.05, 0.1) is 17.8 Å². The standard InChI is InChI=1S/C15H16N2O2S/c1-10(15(18)19)12-4-2-11(3-5-12)9-20-14-6-7-17-8-13(14)16/h2-8,10H,9,16H2,1H3,(H,18,19). The van der Waals surface area contributed by atoms with Crippen LogP contribution in [0.15, 0.2) is 47.6 Å². The van der Waals surface area contributed by atoms with E-state index in [1.807, 2.05) is 30.3 Å². The maximum atomic E-state index is 10.9. The number of pyridine rings is 1. The average molecular weight is 288 g/mol. The van der Waals surface area contributed by atoms with E-state index in [1.54, 1.807) is 31.1 Å². The van der Waals surface area contributed by atoms with E-state index in [0.717, 1.165) is 21.8 Å². The van der Waals surface area contributed by atoms with E-state index in [0.29, 0.717) is 5.69 Å². The molecule has 0 amide bonds. The molecular weight excluding hydrogens is 272 g/mol. The maximum Gasteiger partial charge on any atom is 0.310 e. The molecule has 0 saturated carbocycles. The number of carbonyl (C=O) groups is 1. The molecule has 4 nitrogen and oxygen atoms in total. The molecule has 1 unspecified atom stereocenters. The molecule has 1 aromatic carbocycles. The highest BCUT2D eigenvalue weighted by molar-refractivity contribution is 7.98. The van der Waals surface area contributed by atoms with Crippen LogP contribution in [0.3, 0.4) is 0 Å². The number of nitrogens with zero attached hydrogens (tertiary/aromatic N) is 1. The van der Waals surface area contributed by atoms with Gasteiger partial charge in [0.25, 0.3) is 0 Å². The molecule has 0 fully saturated rings. The molecule has 2 rings (SSSR count). The number of anilines is 1. The summed E-state index contributed by atoms with van der Waals surface area (Å²) in [6, 6.07) is 9.54. The molecule has 0 aliphatic heterocycles. The zero-order valence-corrected chi connectivity index (χ0v) is 11.9. The Morgan fingerprint density at radius 3 is 2.65 bits per heavy atom. The monoisotopic (exact) mass is 288 g/mol. The molecule has 3 N–H and O–H groups in total. The lowest BCUT2D eigenvalue weighted by Crippen LogP contribution is -2.07. The van der Waals surface area contributed by atoms with Gasteiger partial charge in [-0.25, -0.2) is 0 Å². The van der Waals surface area contributed by atoms with Crippen molar-refractivity contribution in [2.24, 2.45) is 0 Å². The number of benzene rings is 1. The number of rotatable bonds is 5. The van der Waals surface area contributed by atoms with Gasteiger partial charge < -0.3 is 10.8 Å². The van der Waals surface area contributed by atoms with Gasteiger partial charge in [0.15, 0.2) is 0 Å². The van der Waals surface area contributed by atoms with Crippen LogP contribution in [0.2, 0.25) is 0 Å². The lowest BCUT2D eigenvalue weighted by atomic mass is 10.0. The second-order valence-electron chi connectivity index (χ2n) is 4.50. The maximum absolute atomic E-state index is 10.9. The van der Waals surface area contributed by atoms with Crippen LogP contribution in [0.4, 0.5) is 5.69 Å². The van der Waals surface area contributed by atoms with Crippen LogP contribution < -0.4 is 5.73 Å². The smallest absolute Gasteiger partial charge is 0.310 e. The van der Waals surface area contributed by atoms with Gasteiger partial charge in [-0.3, -0.25) is 9.78 Å². The van der Waals surface area contributed by atoms with E-state index < -0.39 is 11.9 Å². The molecule has 0 radical (unpaired) electrons. The molecule has 0 bridgehead atoms. The van der Waals surface area contributed by atoms with Crippen molar-refractivity contribution in [1.82, 2.24) is 4.98 Å². The van der Waals surface area contributed by atoms with E-state index in [-0.39, 0.29) is 0 Å².